The van der Waals surface area contributed by atoms with Gasteiger partial charge in [0.25, 0.3) is 11.8 Å². The van der Waals surface area contributed by atoms with Crippen LogP contribution in [-0.4, -0.2) is 52.8 Å². The number of oxazole rings is 1. The second kappa shape index (κ2) is 8.39. The lowest BCUT2D eigenvalue weighted by molar-refractivity contribution is 0.0703. The number of aryl methyl sites for hydroxylation is 2. The second-order valence-corrected chi connectivity index (χ2v) is 8.19. The lowest BCUT2D eigenvalue weighted by Crippen LogP contribution is -2.38. The monoisotopic (exact) mass is 395 g/mol. The number of benzene rings is 1. The molecule has 2 saturated heterocycles. The molecule has 0 atom stereocenters. The summed E-state index contributed by atoms with van der Waals surface area (Å²) in [6, 6.07) is 7.71. The van der Waals surface area contributed by atoms with E-state index in [-0.39, 0.29) is 17.7 Å². The first-order valence-corrected chi connectivity index (χ1v) is 10.7. The van der Waals surface area contributed by atoms with E-state index in [1.165, 1.54) is 6.42 Å². The molecule has 1 aromatic heterocycles. The van der Waals surface area contributed by atoms with Crippen molar-refractivity contribution in [3.8, 4) is 0 Å². The first-order chi connectivity index (χ1) is 14.0. The van der Waals surface area contributed by atoms with Gasteiger partial charge in [0.1, 0.15) is 5.76 Å². The molecule has 0 aliphatic carbocycles. The maximum Gasteiger partial charge on any atom is 0.276 e. The number of carbonyl (C=O) groups is 2. The summed E-state index contributed by atoms with van der Waals surface area (Å²) in [7, 11) is 0. The Labute approximate surface area is 171 Å². The largest absolute Gasteiger partial charge is 0.445 e. The van der Waals surface area contributed by atoms with Gasteiger partial charge in [0.2, 0.25) is 0 Å². The number of hydrogen-bond acceptors (Lipinski definition) is 4. The first kappa shape index (κ1) is 19.7. The molecule has 29 heavy (non-hydrogen) atoms. The van der Waals surface area contributed by atoms with Gasteiger partial charge in [-0.25, -0.2) is 4.98 Å². The highest BCUT2D eigenvalue weighted by Gasteiger charge is 2.30. The molecule has 4 rings (SSSR count). The van der Waals surface area contributed by atoms with Crippen molar-refractivity contribution in [2.45, 2.75) is 51.9 Å². The van der Waals surface area contributed by atoms with Crippen molar-refractivity contribution in [3.05, 3.63) is 52.7 Å². The fraction of sp³-hybridized carbons (Fsp3) is 0.522. The van der Waals surface area contributed by atoms with Crippen LogP contribution in [0.2, 0.25) is 0 Å². The van der Waals surface area contributed by atoms with E-state index in [0.29, 0.717) is 30.4 Å². The molecule has 0 N–H and O–H groups in total. The number of piperidine rings is 2. The van der Waals surface area contributed by atoms with E-state index in [9.17, 15) is 9.59 Å². The Morgan fingerprint density at radius 3 is 2.28 bits per heavy atom. The average molecular weight is 396 g/mol. The lowest BCUT2D eigenvalue weighted by atomic mass is 9.96. The second-order valence-electron chi connectivity index (χ2n) is 8.19. The molecule has 0 saturated carbocycles. The predicted octanol–water partition coefficient (Wildman–Crippen LogP) is 3.94. The fourth-order valence-electron chi connectivity index (χ4n) is 4.35. The minimum absolute atomic E-state index is 0.00985. The Bertz CT molecular complexity index is 891. The quantitative estimate of drug-likeness (QED) is 0.790. The summed E-state index contributed by atoms with van der Waals surface area (Å²) in [6.07, 6.45) is 4.90. The Hall–Kier alpha value is -2.63. The van der Waals surface area contributed by atoms with Crippen molar-refractivity contribution in [1.29, 1.82) is 0 Å². The highest BCUT2D eigenvalue weighted by molar-refractivity contribution is 5.95. The fourth-order valence-corrected chi connectivity index (χ4v) is 4.35. The Balaban J connectivity index is 1.41. The van der Waals surface area contributed by atoms with Crippen LogP contribution in [0.5, 0.6) is 0 Å². The molecule has 154 valence electrons. The number of rotatable bonds is 3. The van der Waals surface area contributed by atoms with Crippen LogP contribution in [0.1, 0.15) is 76.1 Å². The summed E-state index contributed by atoms with van der Waals surface area (Å²) in [6.45, 7) is 6.75. The molecule has 2 fully saturated rings. The van der Waals surface area contributed by atoms with E-state index in [2.05, 4.69) is 4.98 Å². The zero-order valence-corrected chi connectivity index (χ0v) is 17.3. The van der Waals surface area contributed by atoms with Crippen molar-refractivity contribution in [2.75, 3.05) is 26.2 Å². The molecule has 6 heteroatoms. The van der Waals surface area contributed by atoms with Gasteiger partial charge >= 0.3 is 0 Å². The molecule has 1 aromatic carbocycles. The number of likely N-dealkylation sites (tertiary alicyclic amines) is 2. The summed E-state index contributed by atoms with van der Waals surface area (Å²) in [5, 5.41) is 0. The lowest BCUT2D eigenvalue weighted by Gasteiger charge is -2.31. The molecule has 0 radical (unpaired) electrons. The maximum atomic E-state index is 12.8. The minimum Gasteiger partial charge on any atom is -0.445 e. The van der Waals surface area contributed by atoms with Gasteiger partial charge in [0.05, 0.1) is 0 Å². The molecule has 3 heterocycles. The van der Waals surface area contributed by atoms with Crippen molar-refractivity contribution in [1.82, 2.24) is 14.8 Å². The predicted molar refractivity (Wildman–Crippen MR) is 110 cm³/mol. The topological polar surface area (TPSA) is 66.7 Å². The van der Waals surface area contributed by atoms with E-state index in [1.807, 2.05) is 47.9 Å². The molecular weight excluding hydrogens is 366 g/mol. The summed E-state index contributed by atoms with van der Waals surface area (Å²) >= 11 is 0. The summed E-state index contributed by atoms with van der Waals surface area (Å²) in [5.41, 5.74) is 2.23. The number of aromatic nitrogens is 1. The minimum atomic E-state index is -0.00985. The van der Waals surface area contributed by atoms with Gasteiger partial charge in [-0.1, -0.05) is 18.2 Å². The maximum absolute atomic E-state index is 12.8. The number of nitrogens with zero attached hydrogens (tertiary/aromatic N) is 3. The van der Waals surface area contributed by atoms with Crippen LogP contribution in [0.4, 0.5) is 0 Å². The number of carbonyl (C=O) groups excluding carboxylic acids is 2. The van der Waals surface area contributed by atoms with Gasteiger partial charge in [-0.3, -0.25) is 9.59 Å². The summed E-state index contributed by atoms with van der Waals surface area (Å²) in [5.74, 6) is 1.48. The van der Waals surface area contributed by atoms with Crippen LogP contribution < -0.4 is 0 Å². The van der Waals surface area contributed by atoms with E-state index in [1.54, 1.807) is 0 Å². The van der Waals surface area contributed by atoms with Crippen molar-refractivity contribution < 1.29 is 14.0 Å². The van der Waals surface area contributed by atoms with E-state index in [0.717, 1.165) is 49.9 Å². The van der Waals surface area contributed by atoms with Crippen molar-refractivity contribution in [2.24, 2.45) is 0 Å². The number of hydrogen-bond donors (Lipinski definition) is 0. The van der Waals surface area contributed by atoms with Crippen LogP contribution in [0, 0.1) is 13.8 Å². The smallest absolute Gasteiger partial charge is 0.276 e. The van der Waals surface area contributed by atoms with Crippen LogP contribution in [-0.2, 0) is 0 Å². The van der Waals surface area contributed by atoms with Crippen molar-refractivity contribution >= 4 is 11.8 Å². The summed E-state index contributed by atoms with van der Waals surface area (Å²) in [4.78, 5) is 34.0. The number of amides is 2. The first-order valence-electron chi connectivity index (χ1n) is 10.7. The molecule has 0 unspecified atom stereocenters. The van der Waals surface area contributed by atoms with Crippen LogP contribution in [0.25, 0.3) is 0 Å². The molecule has 0 spiro atoms. The molecular formula is C23H29N3O3. The zero-order valence-electron chi connectivity index (χ0n) is 17.3. The molecule has 2 aromatic rings. The average Bonchev–Trinajstić information content (AvgIpc) is 3.15. The van der Waals surface area contributed by atoms with E-state index < -0.39 is 0 Å². The molecule has 2 aliphatic heterocycles. The highest BCUT2D eigenvalue weighted by Crippen LogP contribution is 2.30. The van der Waals surface area contributed by atoms with Gasteiger partial charge < -0.3 is 14.2 Å². The normalized spacial score (nSPS) is 18.1. The SMILES string of the molecule is Cc1ccccc1C(=O)N1CCC(c2nc(C(=O)N3CCCCC3)c(C)o2)CC1. The van der Waals surface area contributed by atoms with E-state index >= 15 is 0 Å². The van der Waals surface area contributed by atoms with Gasteiger partial charge in [0.15, 0.2) is 11.6 Å². The van der Waals surface area contributed by atoms with Gasteiger partial charge in [-0.05, 0) is 57.6 Å². The third kappa shape index (κ3) is 4.07. The van der Waals surface area contributed by atoms with Crippen LogP contribution in [0.3, 0.4) is 0 Å². The van der Waals surface area contributed by atoms with Crippen molar-refractivity contribution in [3.63, 3.8) is 0 Å². The molecule has 6 nitrogen and oxygen atoms in total. The third-order valence-corrected chi connectivity index (χ3v) is 6.17. The molecule has 2 amide bonds. The van der Waals surface area contributed by atoms with Gasteiger partial charge in [-0.15, -0.1) is 0 Å². The van der Waals surface area contributed by atoms with Gasteiger partial charge in [-0.2, -0.15) is 0 Å². The van der Waals surface area contributed by atoms with Gasteiger partial charge in [0, 0.05) is 37.7 Å². The molecule has 0 bridgehead atoms. The summed E-state index contributed by atoms with van der Waals surface area (Å²) < 4.78 is 5.90. The van der Waals surface area contributed by atoms with E-state index in [4.69, 9.17) is 4.42 Å². The molecule has 2 aliphatic rings. The third-order valence-electron chi connectivity index (χ3n) is 6.17. The standard InChI is InChI=1S/C23H29N3O3/c1-16-8-4-5-9-19(16)22(27)26-14-10-18(11-15-26)21-24-20(17(2)29-21)23(28)25-12-6-3-7-13-25/h4-5,8-9,18H,3,6-7,10-15H2,1-2H3. The highest BCUT2D eigenvalue weighted by atomic mass is 16.4. The van der Waals surface area contributed by atoms with Crippen LogP contribution >= 0.6 is 0 Å². The Morgan fingerprint density at radius 2 is 1.59 bits per heavy atom. The Kier molecular flexibility index (Phi) is 5.69. The van der Waals surface area contributed by atoms with Crippen LogP contribution in [0.15, 0.2) is 28.7 Å². The zero-order chi connectivity index (χ0) is 20.4. The Morgan fingerprint density at radius 1 is 0.931 bits per heavy atom.